The van der Waals surface area contributed by atoms with Crippen LogP contribution in [0.15, 0.2) is 71.7 Å². The molecule has 0 saturated carbocycles. The Labute approximate surface area is 196 Å². The second-order valence-electron chi connectivity index (χ2n) is 8.25. The summed E-state index contributed by atoms with van der Waals surface area (Å²) < 4.78 is 6.50. The summed E-state index contributed by atoms with van der Waals surface area (Å²) in [5, 5.41) is 21.2. The molecule has 0 bridgehead atoms. The lowest BCUT2D eigenvalue weighted by Gasteiger charge is -2.21. The Hall–Kier alpha value is -4.13. The molecule has 2 aromatic heterocycles. The van der Waals surface area contributed by atoms with E-state index < -0.39 is 11.9 Å². The van der Waals surface area contributed by atoms with E-state index in [4.69, 9.17) is 4.74 Å². The molecule has 4 aromatic rings. The quantitative estimate of drug-likeness (QED) is 0.405. The summed E-state index contributed by atoms with van der Waals surface area (Å²) in [6.45, 7) is 2.15. The highest BCUT2D eigenvalue weighted by molar-refractivity contribution is 5.80. The number of benzene rings is 2. The molecule has 174 valence electrons. The number of carbonyl (C=O) groups excluding carboxylic acids is 1. The molecule has 34 heavy (non-hydrogen) atoms. The third-order valence-corrected chi connectivity index (χ3v) is 6.06. The lowest BCUT2D eigenvalue weighted by atomic mass is 9.87. The average Bonchev–Trinajstić information content (AvgIpc) is 2.83. The summed E-state index contributed by atoms with van der Waals surface area (Å²) in [6.07, 6.45) is 2.17. The van der Waals surface area contributed by atoms with Gasteiger partial charge in [-0.05, 0) is 60.9 Å². The van der Waals surface area contributed by atoms with Crippen LogP contribution in [0.25, 0.3) is 10.9 Å². The number of phenolic OH excluding ortho intramolecular Hbond substituents is 1. The second-order valence-corrected chi connectivity index (χ2v) is 8.25. The second kappa shape index (κ2) is 9.79. The Bertz CT molecular complexity index is 1390. The number of phenols is 1. The van der Waals surface area contributed by atoms with Crippen LogP contribution in [0.5, 0.6) is 11.5 Å². The zero-order valence-electron chi connectivity index (χ0n) is 19.1. The predicted molar refractivity (Wildman–Crippen MR) is 129 cm³/mol. The van der Waals surface area contributed by atoms with Crippen molar-refractivity contribution in [3.05, 3.63) is 99.6 Å². The highest BCUT2D eigenvalue weighted by Crippen LogP contribution is 2.33. The number of aromatic nitrogens is 2. The number of hydrogen-bond donors (Lipinski definition) is 2. The Kier molecular flexibility index (Phi) is 6.63. The molecule has 4 rings (SSSR count). The molecule has 7 heteroatoms. The van der Waals surface area contributed by atoms with Crippen LogP contribution < -0.4 is 5.56 Å². The number of hydrogen-bond acceptors (Lipinski definition) is 6. The highest BCUT2D eigenvalue weighted by atomic mass is 16.5. The molecular weight excluding hydrogens is 432 g/mol. The summed E-state index contributed by atoms with van der Waals surface area (Å²) in [5.74, 6) is -1.14. The van der Waals surface area contributed by atoms with Crippen LogP contribution in [0.3, 0.4) is 0 Å². The Morgan fingerprint density at radius 3 is 2.59 bits per heavy atom. The number of ether oxygens (including phenoxy) is 1. The minimum Gasteiger partial charge on any atom is -0.508 e. The Morgan fingerprint density at radius 1 is 1.09 bits per heavy atom. The molecule has 0 fully saturated rings. The Morgan fingerprint density at radius 2 is 1.85 bits per heavy atom. The van der Waals surface area contributed by atoms with Gasteiger partial charge in [-0.3, -0.25) is 14.6 Å². The fourth-order valence-corrected chi connectivity index (χ4v) is 4.23. The standard InChI is InChI=1S/C27H26N2O5/c1-17-14-24(31)26(27(33)29(17)13-11-18-5-8-21(30)9-6-18)22(16-25(32)34-2)19-7-10-23-20(15-19)4-3-12-28-23/h3-10,12,14-15,22,30-31H,11,13,16H2,1-2H3/t22-/m1/s1. The molecule has 0 saturated heterocycles. The van der Waals surface area contributed by atoms with Gasteiger partial charge >= 0.3 is 5.97 Å². The SMILES string of the molecule is COC(=O)C[C@H](c1ccc2ncccc2c1)c1c(O)cc(C)n(CCc2ccc(O)cc2)c1=O. The molecule has 0 aliphatic rings. The number of esters is 1. The molecule has 2 aromatic carbocycles. The minimum atomic E-state index is -0.690. The number of aromatic hydroxyl groups is 2. The van der Waals surface area contributed by atoms with Crippen LogP contribution in [0.2, 0.25) is 0 Å². The summed E-state index contributed by atoms with van der Waals surface area (Å²) in [7, 11) is 1.30. The molecular formula is C27H26N2O5. The van der Waals surface area contributed by atoms with Crippen molar-refractivity contribution in [2.45, 2.75) is 32.2 Å². The van der Waals surface area contributed by atoms with Gasteiger partial charge in [-0.15, -0.1) is 0 Å². The summed E-state index contributed by atoms with van der Waals surface area (Å²) >= 11 is 0. The van der Waals surface area contributed by atoms with Gasteiger partial charge in [0.2, 0.25) is 0 Å². The van der Waals surface area contributed by atoms with Crippen LogP contribution in [-0.2, 0) is 22.5 Å². The molecule has 0 aliphatic carbocycles. The number of carbonyl (C=O) groups is 1. The van der Waals surface area contributed by atoms with E-state index in [1.807, 2.05) is 30.3 Å². The van der Waals surface area contributed by atoms with E-state index in [2.05, 4.69) is 4.98 Å². The van der Waals surface area contributed by atoms with Crippen LogP contribution >= 0.6 is 0 Å². The van der Waals surface area contributed by atoms with Crippen molar-refractivity contribution < 1.29 is 19.7 Å². The molecule has 0 amide bonds. The van der Waals surface area contributed by atoms with Gasteiger partial charge in [0.25, 0.3) is 5.56 Å². The van der Waals surface area contributed by atoms with Gasteiger partial charge in [-0.2, -0.15) is 0 Å². The minimum absolute atomic E-state index is 0.0912. The molecule has 1 atom stereocenters. The van der Waals surface area contributed by atoms with E-state index in [1.54, 1.807) is 48.0 Å². The van der Waals surface area contributed by atoms with Gasteiger partial charge in [0.05, 0.1) is 24.6 Å². The largest absolute Gasteiger partial charge is 0.508 e. The number of pyridine rings is 2. The first-order valence-corrected chi connectivity index (χ1v) is 11.0. The number of rotatable bonds is 7. The number of nitrogens with zero attached hydrogens (tertiary/aromatic N) is 2. The van der Waals surface area contributed by atoms with Gasteiger partial charge < -0.3 is 19.5 Å². The number of fused-ring (bicyclic) bond motifs is 1. The highest BCUT2D eigenvalue weighted by Gasteiger charge is 2.27. The van der Waals surface area contributed by atoms with Gasteiger partial charge in [-0.1, -0.05) is 24.3 Å². The zero-order valence-corrected chi connectivity index (χ0v) is 19.1. The molecule has 2 heterocycles. The smallest absolute Gasteiger partial charge is 0.306 e. The van der Waals surface area contributed by atoms with Crippen molar-refractivity contribution in [2.24, 2.45) is 0 Å². The van der Waals surface area contributed by atoms with Crippen molar-refractivity contribution in [3.8, 4) is 11.5 Å². The van der Waals surface area contributed by atoms with Crippen molar-refractivity contribution in [2.75, 3.05) is 7.11 Å². The van der Waals surface area contributed by atoms with Crippen molar-refractivity contribution in [1.29, 1.82) is 0 Å². The fraction of sp³-hybridized carbons (Fsp3) is 0.222. The number of aryl methyl sites for hydroxylation is 2. The molecule has 0 radical (unpaired) electrons. The fourth-order valence-electron chi connectivity index (χ4n) is 4.23. The Balaban J connectivity index is 1.78. The van der Waals surface area contributed by atoms with Crippen LogP contribution in [0, 0.1) is 6.92 Å². The van der Waals surface area contributed by atoms with Crippen molar-refractivity contribution in [1.82, 2.24) is 9.55 Å². The molecule has 0 unspecified atom stereocenters. The monoisotopic (exact) mass is 458 g/mol. The third kappa shape index (κ3) is 4.78. The normalized spacial score (nSPS) is 11.9. The van der Waals surface area contributed by atoms with E-state index in [9.17, 15) is 19.8 Å². The molecule has 2 N–H and O–H groups in total. The molecule has 7 nitrogen and oxygen atoms in total. The first-order chi connectivity index (χ1) is 16.4. The van der Waals surface area contributed by atoms with Crippen LogP contribution in [-0.4, -0.2) is 32.8 Å². The maximum Gasteiger partial charge on any atom is 0.306 e. The summed E-state index contributed by atoms with van der Waals surface area (Å²) in [4.78, 5) is 30.3. The van der Waals surface area contributed by atoms with E-state index in [1.165, 1.54) is 7.11 Å². The summed E-state index contributed by atoms with van der Waals surface area (Å²) in [6, 6.07) is 17.7. The molecule has 0 spiro atoms. The third-order valence-electron chi connectivity index (χ3n) is 6.06. The van der Waals surface area contributed by atoms with Gasteiger partial charge in [0.1, 0.15) is 11.5 Å². The van der Waals surface area contributed by atoms with Crippen molar-refractivity contribution in [3.63, 3.8) is 0 Å². The lowest BCUT2D eigenvalue weighted by molar-refractivity contribution is -0.140. The van der Waals surface area contributed by atoms with Gasteiger partial charge in [0, 0.05) is 29.7 Å². The van der Waals surface area contributed by atoms with E-state index in [0.29, 0.717) is 24.2 Å². The lowest BCUT2D eigenvalue weighted by Crippen LogP contribution is -2.29. The van der Waals surface area contributed by atoms with Gasteiger partial charge in [-0.25, -0.2) is 0 Å². The van der Waals surface area contributed by atoms with Gasteiger partial charge in [0.15, 0.2) is 0 Å². The van der Waals surface area contributed by atoms with Crippen molar-refractivity contribution >= 4 is 16.9 Å². The average molecular weight is 459 g/mol. The molecule has 0 aliphatic heterocycles. The number of methoxy groups -OCH3 is 1. The van der Waals surface area contributed by atoms with E-state index in [-0.39, 0.29) is 29.0 Å². The zero-order chi connectivity index (χ0) is 24.2. The maximum atomic E-state index is 13.6. The van der Waals surface area contributed by atoms with Crippen LogP contribution in [0.1, 0.15) is 34.7 Å². The van der Waals surface area contributed by atoms with Crippen LogP contribution in [0.4, 0.5) is 0 Å². The summed E-state index contributed by atoms with van der Waals surface area (Å²) in [5.41, 5.74) is 2.90. The maximum absolute atomic E-state index is 13.6. The first-order valence-electron chi connectivity index (χ1n) is 11.0. The topological polar surface area (TPSA) is 102 Å². The predicted octanol–water partition coefficient (Wildman–Crippen LogP) is 4.05. The van der Waals surface area contributed by atoms with E-state index in [0.717, 1.165) is 16.5 Å². The first kappa shape index (κ1) is 23.0. The van der Waals surface area contributed by atoms with E-state index >= 15 is 0 Å².